The molecule has 0 aliphatic rings. The zero-order valence-electron chi connectivity index (χ0n) is 8.89. The summed E-state index contributed by atoms with van der Waals surface area (Å²) in [7, 11) is 0. The van der Waals surface area contributed by atoms with Gasteiger partial charge in [-0.05, 0) is 19.4 Å². The van der Waals surface area contributed by atoms with E-state index in [9.17, 15) is 0 Å². The molecule has 2 heterocycles. The minimum atomic E-state index is 0.660. The molecule has 0 bridgehead atoms. The lowest BCUT2D eigenvalue weighted by atomic mass is 10.3. The summed E-state index contributed by atoms with van der Waals surface area (Å²) in [4.78, 5) is 4.18. The Hall–Kier alpha value is -1.02. The molecule has 14 heavy (non-hydrogen) atoms. The Morgan fingerprint density at radius 2 is 1.93 bits per heavy atom. The first kappa shape index (κ1) is 11.1. The van der Waals surface area contributed by atoms with Crippen LogP contribution in [0.5, 0.6) is 0 Å². The standard InChI is InChI=1S/C9H8ClNO.C2H6/c1-5-4-11-7-3-6(2)12-9(7)8(5)10;1-2/h3-4H,1-2H3;1-2H3. The molecule has 0 aromatic carbocycles. The van der Waals surface area contributed by atoms with Gasteiger partial charge in [0.25, 0.3) is 0 Å². The number of furan rings is 1. The van der Waals surface area contributed by atoms with Crippen LogP contribution in [-0.4, -0.2) is 4.98 Å². The molecule has 0 unspecified atom stereocenters. The normalized spacial score (nSPS) is 9.79. The maximum atomic E-state index is 6.01. The van der Waals surface area contributed by atoms with Crippen molar-refractivity contribution in [1.29, 1.82) is 0 Å². The SMILES string of the molecule is CC.Cc1cc2ncc(C)c(Cl)c2o1. The molecule has 2 rings (SSSR count). The molecular weight excluding hydrogens is 198 g/mol. The number of fused-ring (bicyclic) bond motifs is 1. The minimum Gasteiger partial charge on any atom is -0.458 e. The molecule has 2 aromatic heterocycles. The number of nitrogens with zero attached hydrogens (tertiary/aromatic N) is 1. The Bertz CT molecular complexity index is 434. The quantitative estimate of drug-likeness (QED) is 0.655. The summed E-state index contributed by atoms with van der Waals surface area (Å²) in [6, 6.07) is 1.88. The number of hydrogen-bond acceptors (Lipinski definition) is 2. The maximum Gasteiger partial charge on any atom is 0.171 e. The highest BCUT2D eigenvalue weighted by Crippen LogP contribution is 2.27. The van der Waals surface area contributed by atoms with Crippen molar-refractivity contribution < 1.29 is 4.42 Å². The molecule has 0 radical (unpaired) electrons. The number of rotatable bonds is 0. The van der Waals surface area contributed by atoms with Crippen molar-refractivity contribution in [3.63, 3.8) is 0 Å². The van der Waals surface area contributed by atoms with E-state index in [-0.39, 0.29) is 0 Å². The third-order valence-corrected chi connectivity index (χ3v) is 2.25. The van der Waals surface area contributed by atoms with Crippen molar-refractivity contribution >= 4 is 22.7 Å². The van der Waals surface area contributed by atoms with E-state index in [2.05, 4.69) is 4.98 Å². The van der Waals surface area contributed by atoms with Crippen LogP contribution in [-0.2, 0) is 0 Å². The van der Waals surface area contributed by atoms with E-state index < -0.39 is 0 Å². The van der Waals surface area contributed by atoms with Crippen molar-refractivity contribution in [2.75, 3.05) is 0 Å². The zero-order valence-corrected chi connectivity index (χ0v) is 9.64. The molecule has 0 fully saturated rings. The van der Waals surface area contributed by atoms with Gasteiger partial charge in [-0.3, -0.25) is 4.98 Å². The molecular formula is C11H14ClNO. The number of pyridine rings is 1. The third kappa shape index (κ3) is 1.90. The Kier molecular flexibility index (Phi) is 3.53. The third-order valence-electron chi connectivity index (χ3n) is 1.78. The van der Waals surface area contributed by atoms with E-state index >= 15 is 0 Å². The fourth-order valence-corrected chi connectivity index (χ4v) is 1.34. The highest BCUT2D eigenvalue weighted by Gasteiger charge is 2.07. The van der Waals surface area contributed by atoms with Gasteiger partial charge in [-0.15, -0.1) is 0 Å². The van der Waals surface area contributed by atoms with Crippen molar-refractivity contribution in [3.05, 3.63) is 28.6 Å². The molecule has 3 heteroatoms. The number of aryl methyl sites for hydroxylation is 2. The highest BCUT2D eigenvalue weighted by atomic mass is 35.5. The van der Waals surface area contributed by atoms with Gasteiger partial charge in [0.2, 0.25) is 0 Å². The first-order valence-corrected chi connectivity index (χ1v) is 5.07. The molecule has 0 atom stereocenters. The van der Waals surface area contributed by atoms with E-state index in [1.807, 2.05) is 33.8 Å². The summed E-state index contributed by atoms with van der Waals surface area (Å²) in [5, 5.41) is 0.660. The summed E-state index contributed by atoms with van der Waals surface area (Å²) in [5.74, 6) is 0.838. The second-order valence-corrected chi connectivity index (χ2v) is 3.20. The predicted octanol–water partition coefficient (Wildman–Crippen LogP) is 4.12. The van der Waals surface area contributed by atoms with Gasteiger partial charge in [-0.2, -0.15) is 0 Å². The van der Waals surface area contributed by atoms with Crippen molar-refractivity contribution in [1.82, 2.24) is 4.98 Å². The van der Waals surface area contributed by atoms with E-state index in [0.29, 0.717) is 10.6 Å². The molecule has 2 aromatic rings. The van der Waals surface area contributed by atoms with E-state index in [4.69, 9.17) is 16.0 Å². The van der Waals surface area contributed by atoms with Crippen LogP contribution >= 0.6 is 11.6 Å². The van der Waals surface area contributed by atoms with Gasteiger partial charge in [0.05, 0.1) is 5.02 Å². The van der Waals surface area contributed by atoms with Crippen LogP contribution in [0.4, 0.5) is 0 Å². The molecule has 0 aliphatic carbocycles. The van der Waals surface area contributed by atoms with E-state index in [1.54, 1.807) is 6.20 Å². The summed E-state index contributed by atoms with van der Waals surface area (Å²) < 4.78 is 5.39. The second-order valence-electron chi connectivity index (χ2n) is 2.83. The Morgan fingerprint density at radius 1 is 1.29 bits per heavy atom. The van der Waals surface area contributed by atoms with Gasteiger partial charge in [-0.25, -0.2) is 0 Å². The lowest BCUT2D eigenvalue weighted by molar-refractivity contribution is 0.578. The van der Waals surface area contributed by atoms with Crippen LogP contribution in [0.1, 0.15) is 25.2 Å². The Balaban J connectivity index is 0.000000461. The lowest BCUT2D eigenvalue weighted by Gasteiger charge is -1.95. The first-order chi connectivity index (χ1) is 6.68. The fraction of sp³-hybridized carbons (Fsp3) is 0.364. The highest BCUT2D eigenvalue weighted by molar-refractivity contribution is 6.35. The summed E-state index contributed by atoms with van der Waals surface area (Å²) in [6.45, 7) is 7.79. The molecule has 76 valence electrons. The average Bonchev–Trinajstić information content (AvgIpc) is 2.57. The Morgan fingerprint density at radius 3 is 2.57 bits per heavy atom. The van der Waals surface area contributed by atoms with Crippen LogP contribution in [0.3, 0.4) is 0 Å². The zero-order chi connectivity index (χ0) is 10.7. The summed E-state index contributed by atoms with van der Waals surface area (Å²) in [5.41, 5.74) is 2.45. The van der Waals surface area contributed by atoms with Crippen LogP contribution in [0.15, 0.2) is 16.7 Å². The molecule has 0 saturated carbocycles. The average molecular weight is 212 g/mol. The van der Waals surface area contributed by atoms with Crippen LogP contribution in [0.25, 0.3) is 11.1 Å². The first-order valence-electron chi connectivity index (χ1n) is 4.70. The van der Waals surface area contributed by atoms with E-state index in [0.717, 1.165) is 16.8 Å². The minimum absolute atomic E-state index is 0.660. The van der Waals surface area contributed by atoms with Crippen molar-refractivity contribution in [2.24, 2.45) is 0 Å². The summed E-state index contributed by atoms with van der Waals surface area (Å²) in [6.07, 6.45) is 1.75. The molecule has 0 amide bonds. The topological polar surface area (TPSA) is 26.0 Å². The van der Waals surface area contributed by atoms with Gasteiger partial charge in [0.15, 0.2) is 5.58 Å². The van der Waals surface area contributed by atoms with E-state index in [1.165, 1.54) is 0 Å². The number of hydrogen-bond donors (Lipinski definition) is 0. The molecule has 0 spiro atoms. The number of aromatic nitrogens is 1. The van der Waals surface area contributed by atoms with Gasteiger partial charge in [0.1, 0.15) is 11.3 Å². The van der Waals surface area contributed by atoms with Crippen molar-refractivity contribution in [2.45, 2.75) is 27.7 Å². The number of halogens is 1. The van der Waals surface area contributed by atoms with Gasteiger partial charge < -0.3 is 4.42 Å². The molecule has 0 saturated heterocycles. The van der Waals surface area contributed by atoms with Crippen molar-refractivity contribution in [3.8, 4) is 0 Å². The fourth-order valence-electron chi connectivity index (χ4n) is 1.16. The van der Waals surface area contributed by atoms with Crippen LogP contribution in [0, 0.1) is 13.8 Å². The lowest BCUT2D eigenvalue weighted by Crippen LogP contribution is -1.78. The molecule has 0 N–H and O–H groups in total. The van der Waals surface area contributed by atoms with Gasteiger partial charge >= 0.3 is 0 Å². The van der Waals surface area contributed by atoms with Gasteiger partial charge in [0, 0.05) is 12.3 Å². The van der Waals surface area contributed by atoms with Gasteiger partial charge in [-0.1, -0.05) is 25.4 Å². The predicted molar refractivity (Wildman–Crippen MR) is 59.8 cm³/mol. The largest absolute Gasteiger partial charge is 0.458 e. The van der Waals surface area contributed by atoms with Crippen LogP contribution < -0.4 is 0 Å². The van der Waals surface area contributed by atoms with Crippen LogP contribution in [0.2, 0.25) is 5.02 Å². The maximum absolute atomic E-state index is 6.01. The smallest absolute Gasteiger partial charge is 0.171 e. The summed E-state index contributed by atoms with van der Waals surface area (Å²) >= 11 is 6.01. The Labute approximate surface area is 88.9 Å². The molecule has 2 nitrogen and oxygen atoms in total. The second kappa shape index (κ2) is 4.47. The monoisotopic (exact) mass is 211 g/mol. The molecule has 0 aliphatic heterocycles.